The molecule has 1 aromatic carbocycles. The summed E-state index contributed by atoms with van der Waals surface area (Å²) in [5, 5.41) is 5.64. The molecule has 1 fully saturated rings. The fourth-order valence-electron chi connectivity index (χ4n) is 3.15. The van der Waals surface area contributed by atoms with Gasteiger partial charge in [-0.1, -0.05) is 25.7 Å². The molecule has 26 heavy (non-hydrogen) atoms. The van der Waals surface area contributed by atoms with E-state index in [4.69, 9.17) is 0 Å². The van der Waals surface area contributed by atoms with E-state index >= 15 is 0 Å². The molecule has 1 atom stereocenters. The fourth-order valence-corrected chi connectivity index (χ4v) is 5.04. The molecule has 1 aliphatic rings. The fraction of sp³-hybridized carbons (Fsp3) is 0.474. The Morgan fingerprint density at radius 2 is 1.88 bits per heavy atom. The molecule has 1 amide bonds. The van der Waals surface area contributed by atoms with Crippen molar-refractivity contribution >= 4 is 28.0 Å². The topological polar surface area (TPSA) is 59.1 Å². The highest BCUT2D eigenvalue weighted by molar-refractivity contribution is 7.84. The Balaban J connectivity index is 1.50. The molecule has 1 heterocycles. The third kappa shape index (κ3) is 5.71. The van der Waals surface area contributed by atoms with Crippen molar-refractivity contribution in [3.8, 4) is 10.6 Å². The van der Waals surface area contributed by atoms with Crippen LogP contribution < -0.4 is 5.32 Å². The Kier molecular flexibility index (Phi) is 6.91. The van der Waals surface area contributed by atoms with Gasteiger partial charge in [0.15, 0.2) is 0 Å². The van der Waals surface area contributed by atoms with E-state index in [1.165, 1.54) is 36.3 Å². The summed E-state index contributed by atoms with van der Waals surface area (Å²) in [4.78, 5) is 16.6. The van der Waals surface area contributed by atoms with Crippen LogP contribution in [0.4, 0.5) is 4.39 Å². The lowest BCUT2D eigenvalue weighted by atomic mass is 10.1. The zero-order valence-corrected chi connectivity index (χ0v) is 16.2. The van der Waals surface area contributed by atoms with E-state index in [-0.39, 0.29) is 29.3 Å². The zero-order valence-electron chi connectivity index (χ0n) is 14.6. The Bertz CT molecular complexity index is 753. The average Bonchev–Trinajstić information content (AvgIpc) is 2.91. The molecule has 1 N–H and O–H groups in total. The van der Waals surface area contributed by atoms with Crippen molar-refractivity contribution in [3.05, 3.63) is 41.2 Å². The van der Waals surface area contributed by atoms with Crippen molar-refractivity contribution in [2.24, 2.45) is 0 Å². The number of aromatic nitrogens is 1. The van der Waals surface area contributed by atoms with Gasteiger partial charge < -0.3 is 5.32 Å². The summed E-state index contributed by atoms with van der Waals surface area (Å²) < 4.78 is 25.3. The molecule has 4 nitrogen and oxygen atoms in total. The standard InChI is InChI=1S/C19H23FN2O2S2/c20-15-9-7-14(8-10-15)19-22-17(11-25-19)12-26(24)13-18(23)21-16-5-3-1-2-4-6-16/h7-11,16H,1-6,12-13H2,(H,21,23)/t26-/m0/s1. The molecule has 1 saturated carbocycles. The zero-order chi connectivity index (χ0) is 18.4. The van der Waals surface area contributed by atoms with Crippen molar-refractivity contribution in [3.63, 3.8) is 0 Å². The van der Waals surface area contributed by atoms with Gasteiger partial charge in [-0.25, -0.2) is 9.37 Å². The van der Waals surface area contributed by atoms with Gasteiger partial charge in [-0.15, -0.1) is 11.3 Å². The molecule has 1 aliphatic carbocycles. The Morgan fingerprint density at radius 3 is 2.58 bits per heavy atom. The van der Waals surface area contributed by atoms with E-state index in [2.05, 4.69) is 10.3 Å². The molecule has 0 saturated heterocycles. The molecular weight excluding hydrogens is 371 g/mol. The molecule has 0 aliphatic heterocycles. The third-order valence-corrected chi connectivity index (χ3v) is 6.61. The van der Waals surface area contributed by atoms with Gasteiger partial charge in [-0.2, -0.15) is 0 Å². The van der Waals surface area contributed by atoms with Crippen molar-refractivity contribution in [1.82, 2.24) is 10.3 Å². The average molecular weight is 395 g/mol. The molecule has 2 aromatic rings. The summed E-state index contributed by atoms with van der Waals surface area (Å²) in [6, 6.07) is 6.37. The monoisotopic (exact) mass is 394 g/mol. The first-order chi connectivity index (χ1) is 12.6. The van der Waals surface area contributed by atoms with Crippen LogP contribution in [-0.2, 0) is 21.3 Å². The van der Waals surface area contributed by atoms with Crippen LogP contribution in [0.15, 0.2) is 29.6 Å². The molecule has 0 bridgehead atoms. The molecule has 1 aromatic heterocycles. The number of hydrogen-bond donors (Lipinski definition) is 1. The van der Waals surface area contributed by atoms with E-state index in [0.29, 0.717) is 5.69 Å². The van der Waals surface area contributed by atoms with Crippen LogP contribution in [0.2, 0.25) is 0 Å². The first-order valence-electron chi connectivity index (χ1n) is 8.95. The number of amides is 1. The smallest absolute Gasteiger partial charge is 0.232 e. The number of thiazole rings is 1. The molecule has 3 rings (SSSR count). The lowest BCUT2D eigenvalue weighted by Crippen LogP contribution is -2.37. The van der Waals surface area contributed by atoms with Crippen molar-refractivity contribution in [2.75, 3.05) is 5.75 Å². The first-order valence-corrected chi connectivity index (χ1v) is 11.3. The maximum absolute atomic E-state index is 13.0. The van der Waals surface area contributed by atoms with Crippen LogP contribution >= 0.6 is 11.3 Å². The largest absolute Gasteiger partial charge is 0.353 e. The summed E-state index contributed by atoms with van der Waals surface area (Å²) in [7, 11) is -1.28. The van der Waals surface area contributed by atoms with E-state index in [1.54, 1.807) is 12.1 Å². The SMILES string of the molecule is O=C(C[S@@](=O)Cc1csc(-c2ccc(F)cc2)n1)NC1CCCCCC1. The van der Waals surface area contributed by atoms with Gasteiger partial charge in [0.2, 0.25) is 5.91 Å². The highest BCUT2D eigenvalue weighted by Gasteiger charge is 2.17. The number of nitrogens with zero attached hydrogens (tertiary/aromatic N) is 1. The van der Waals surface area contributed by atoms with Gasteiger partial charge in [0.05, 0.1) is 11.4 Å². The third-order valence-electron chi connectivity index (χ3n) is 4.46. The number of carbonyl (C=O) groups excluding carboxylic acids is 1. The summed E-state index contributed by atoms with van der Waals surface area (Å²) >= 11 is 1.43. The van der Waals surface area contributed by atoms with Gasteiger partial charge >= 0.3 is 0 Å². The summed E-state index contributed by atoms with van der Waals surface area (Å²) in [6.45, 7) is 0. The minimum Gasteiger partial charge on any atom is -0.353 e. The molecule has 7 heteroatoms. The van der Waals surface area contributed by atoms with Crippen LogP contribution in [0.25, 0.3) is 10.6 Å². The van der Waals surface area contributed by atoms with Gasteiger partial charge in [-0.05, 0) is 37.1 Å². The first kappa shape index (κ1) is 19.2. The quantitative estimate of drug-likeness (QED) is 0.753. The second-order valence-corrected chi connectivity index (χ2v) is 8.95. The predicted octanol–water partition coefficient (Wildman–Crippen LogP) is 4.04. The number of rotatable bonds is 6. The minimum atomic E-state index is -1.28. The van der Waals surface area contributed by atoms with E-state index in [0.717, 1.165) is 36.3 Å². The summed E-state index contributed by atoms with van der Waals surface area (Å²) in [6.07, 6.45) is 6.81. The van der Waals surface area contributed by atoms with Crippen LogP contribution in [0, 0.1) is 5.82 Å². The predicted molar refractivity (Wildman–Crippen MR) is 104 cm³/mol. The second kappa shape index (κ2) is 9.37. The van der Waals surface area contributed by atoms with E-state index < -0.39 is 10.8 Å². The summed E-state index contributed by atoms with van der Waals surface area (Å²) in [5.74, 6) is -0.147. The maximum atomic E-state index is 13.0. The Labute approximate surface area is 159 Å². The summed E-state index contributed by atoms with van der Waals surface area (Å²) in [5.41, 5.74) is 1.54. The number of hydrogen-bond acceptors (Lipinski definition) is 4. The van der Waals surface area contributed by atoms with Crippen LogP contribution in [0.3, 0.4) is 0 Å². The maximum Gasteiger partial charge on any atom is 0.232 e. The molecule has 0 unspecified atom stereocenters. The van der Waals surface area contributed by atoms with Gasteiger partial charge in [-0.3, -0.25) is 9.00 Å². The molecule has 0 spiro atoms. The minimum absolute atomic E-state index is 0.0138. The van der Waals surface area contributed by atoms with Crippen molar-refractivity contribution < 1.29 is 13.4 Å². The number of nitrogens with one attached hydrogen (secondary N) is 1. The van der Waals surface area contributed by atoms with Crippen LogP contribution in [0.1, 0.15) is 44.2 Å². The lowest BCUT2D eigenvalue weighted by molar-refractivity contribution is -0.119. The van der Waals surface area contributed by atoms with E-state index in [9.17, 15) is 13.4 Å². The molecule has 0 radical (unpaired) electrons. The highest BCUT2D eigenvalue weighted by atomic mass is 32.2. The highest BCUT2D eigenvalue weighted by Crippen LogP contribution is 2.24. The number of carbonyl (C=O) groups is 1. The molecular formula is C19H23FN2O2S2. The van der Waals surface area contributed by atoms with E-state index in [1.807, 2.05) is 5.38 Å². The van der Waals surface area contributed by atoms with Gasteiger partial charge in [0, 0.05) is 27.8 Å². The van der Waals surface area contributed by atoms with Crippen LogP contribution in [-0.4, -0.2) is 26.9 Å². The second-order valence-electron chi connectivity index (χ2n) is 6.64. The van der Waals surface area contributed by atoms with Crippen LogP contribution in [0.5, 0.6) is 0 Å². The Hall–Kier alpha value is -1.60. The normalized spacial score (nSPS) is 16.8. The number of benzene rings is 1. The lowest BCUT2D eigenvalue weighted by Gasteiger charge is -2.15. The van der Waals surface area contributed by atoms with Crippen molar-refractivity contribution in [2.45, 2.75) is 50.3 Å². The Morgan fingerprint density at radius 1 is 1.19 bits per heavy atom. The molecule has 140 valence electrons. The van der Waals surface area contributed by atoms with Crippen molar-refractivity contribution in [1.29, 1.82) is 0 Å². The van der Waals surface area contributed by atoms with Gasteiger partial charge in [0.25, 0.3) is 0 Å². The van der Waals surface area contributed by atoms with Gasteiger partial charge in [0.1, 0.15) is 16.6 Å². The number of halogens is 1.